The van der Waals surface area contributed by atoms with E-state index in [-0.39, 0.29) is 0 Å². The van der Waals surface area contributed by atoms with Gasteiger partial charge in [-0.15, -0.1) is 0 Å². The average Bonchev–Trinajstić information content (AvgIpc) is 2.54. The maximum Gasteiger partial charge on any atom is 0.0319 e. The molecule has 2 nitrogen and oxygen atoms in total. The Morgan fingerprint density at radius 2 is 1.05 bits per heavy atom. The Hall–Kier alpha value is 0.500. The Bertz CT molecular complexity index is 120. The molecule has 3 heteroatoms. The topological polar surface area (TPSA) is 32.6 Å². The molecule has 0 bridgehead atoms. The van der Waals surface area contributed by atoms with Crippen LogP contribution in [-0.2, 0) is 20.9 Å². The zero-order chi connectivity index (χ0) is 14.8. The molecule has 2 fully saturated rings. The summed E-state index contributed by atoms with van der Waals surface area (Å²) < 4.78 is 3.94. The van der Waals surface area contributed by atoms with E-state index >= 15 is 0 Å². The van der Waals surface area contributed by atoms with Gasteiger partial charge in [-0.3, -0.25) is 0 Å². The van der Waals surface area contributed by atoms with Crippen molar-refractivity contribution in [2.75, 3.05) is 7.11 Å². The van der Waals surface area contributed by atoms with E-state index in [4.69, 9.17) is 5.11 Å². The minimum Gasteiger partial charge on any atom is -0.400 e. The van der Waals surface area contributed by atoms with Gasteiger partial charge in [0.15, 0.2) is 0 Å². The maximum atomic E-state index is 7.00. The third-order valence-electron chi connectivity index (χ3n) is 2.86. The van der Waals surface area contributed by atoms with E-state index in [0.717, 1.165) is 7.11 Å². The van der Waals surface area contributed by atoms with Gasteiger partial charge in [-0.2, -0.15) is 25.7 Å². The minimum atomic E-state index is 0.531. The fraction of sp³-hybridized carbons (Fsp3) is 0.875. The van der Waals surface area contributed by atoms with Crippen LogP contribution in [0.2, 0.25) is 0 Å². The van der Waals surface area contributed by atoms with Crippen LogP contribution in [0, 0.1) is 12.8 Å². The first-order chi connectivity index (χ1) is 9.27. The molecule has 2 saturated carbocycles. The molecule has 0 radical (unpaired) electrons. The van der Waals surface area contributed by atoms with Crippen molar-refractivity contribution >= 4 is 0 Å². The van der Waals surface area contributed by atoms with Gasteiger partial charge in [-0.05, 0) is 0 Å². The van der Waals surface area contributed by atoms with Crippen molar-refractivity contribution in [2.24, 2.45) is 3.34 Å². The van der Waals surface area contributed by atoms with Crippen LogP contribution in [0.15, 0.2) is 3.34 Å². The SMILES string of the molecule is CC(C)[N]=[Nb].CO.[CH-]1CCCCC1.[CH-]1CCCCC1. The zero-order valence-electron chi connectivity index (χ0n) is 13.1. The van der Waals surface area contributed by atoms with Crippen LogP contribution in [0.1, 0.15) is 78.1 Å². The molecule has 0 atom stereocenters. The van der Waals surface area contributed by atoms with Crippen LogP contribution in [0.3, 0.4) is 0 Å². The second kappa shape index (κ2) is 20.8. The van der Waals surface area contributed by atoms with Crippen molar-refractivity contribution in [3.05, 3.63) is 12.8 Å². The summed E-state index contributed by atoms with van der Waals surface area (Å²) in [6, 6.07) is 0.531. The van der Waals surface area contributed by atoms with Gasteiger partial charge in [0, 0.05) is 7.11 Å². The molecule has 2 aliphatic carbocycles. The zero-order valence-corrected chi connectivity index (χ0v) is 15.3. The van der Waals surface area contributed by atoms with E-state index in [1.54, 1.807) is 0 Å². The molecule has 1 N–H and O–H groups in total. The van der Waals surface area contributed by atoms with Crippen molar-refractivity contribution in [3.63, 3.8) is 0 Å². The molecular formula is C16H33NNbO-2. The Balaban J connectivity index is 0. The Morgan fingerprint density at radius 3 is 1.11 bits per heavy atom. The van der Waals surface area contributed by atoms with Crippen molar-refractivity contribution in [2.45, 2.75) is 84.1 Å². The fourth-order valence-corrected chi connectivity index (χ4v) is 1.80. The van der Waals surface area contributed by atoms with Crippen LogP contribution in [0.4, 0.5) is 0 Å². The first-order valence-electron chi connectivity index (χ1n) is 7.69. The molecule has 0 aromatic carbocycles. The Morgan fingerprint density at radius 1 is 0.789 bits per heavy atom. The molecule has 2 rings (SSSR count). The van der Waals surface area contributed by atoms with Crippen LogP contribution >= 0.6 is 0 Å². The molecule has 115 valence electrons. The molecule has 0 amide bonds. The van der Waals surface area contributed by atoms with Gasteiger partial charge < -0.3 is 17.9 Å². The number of rotatable bonds is 1. The van der Waals surface area contributed by atoms with Gasteiger partial charge in [0.05, 0.1) is 0 Å². The number of hydrogen-bond donors (Lipinski definition) is 1. The predicted octanol–water partition coefficient (Wildman–Crippen LogP) is 5.04. The van der Waals surface area contributed by atoms with Crippen LogP contribution < -0.4 is 0 Å². The maximum absolute atomic E-state index is 7.00. The summed E-state index contributed by atoms with van der Waals surface area (Å²) in [5.74, 6) is 0. The average molecular weight is 348 g/mol. The monoisotopic (exact) mass is 348 g/mol. The first kappa shape index (κ1) is 21.8. The summed E-state index contributed by atoms with van der Waals surface area (Å²) in [4.78, 5) is 0. The normalized spacial score (nSPS) is 17.7. The molecule has 0 heterocycles. The van der Waals surface area contributed by atoms with Crippen molar-refractivity contribution in [1.29, 1.82) is 0 Å². The van der Waals surface area contributed by atoms with Gasteiger partial charge in [0.1, 0.15) is 0 Å². The molecule has 0 aliphatic heterocycles. The fourth-order valence-electron chi connectivity index (χ4n) is 1.80. The molecule has 0 aromatic rings. The van der Waals surface area contributed by atoms with E-state index in [0.29, 0.717) is 6.04 Å². The Labute approximate surface area is 133 Å². The molecule has 0 spiro atoms. The number of nitrogens with zero attached hydrogens (tertiary/aromatic N) is 1. The summed E-state index contributed by atoms with van der Waals surface area (Å²) in [6.45, 7) is 4.14. The second-order valence-electron chi connectivity index (χ2n) is 5.06. The van der Waals surface area contributed by atoms with Crippen LogP contribution in [-0.4, -0.2) is 18.3 Å². The number of aliphatic hydroxyl groups is 1. The van der Waals surface area contributed by atoms with E-state index < -0.39 is 0 Å². The van der Waals surface area contributed by atoms with Crippen molar-refractivity contribution in [3.8, 4) is 0 Å². The summed E-state index contributed by atoms with van der Waals surface area (Å²) in [6.07, 6.45) is 19.0. The molecule has 19 heavy (non-hydrogen) atoms. The minimum absolute atomic E-state index is 0.531. The standard InChI is InChI=1S/2C6H11.C3H7N.CH4O.Nb/c2*1-2-4-6-5-3-1;1-3(2)4;1-2;/h2*1H,2-6H2;3H,1-2H3;2H,1H3;/q2*-1;;;. The summed E-state index contributed by atoms with van der Waals surface area (Å²) in [5, 5.41) is 7.00. The third kappa shape index (κ3) is 24.0. The molecular weight excluding hydrogens is 315 g/mol. The number of hydrogen-bond acceptors (Lipinski definition) is 2. The number of aliphatic hydroxyl groups excluding tert-OH is 1. The van der Waals surface area contributed by atoms with Gasteiger partial charge in [0.2, 0.25) is 0 Å². The van der Waals surface area contributed by atoms with E-state index in [9.17, 15) is 0 Å². The predicted molar refractivity (Wildman–Crippen MR) is 80.5 cm³/mol. The van der Waals surface area contributed by atoms with E-state index in [2.05, 4.69) is 30.0 Å². The van der Waals surface area contributed by atoms with Gasteiger partial charge in [-0.1, -0.05) is 38.5 Å². The van der Waals surface area contributed by atoms with Gasteiger partial charge in [-0.25, -0.2) is 0 Å². The van der Waals surface area contributed by atoms with Crippen molar-refractivity contribution < 1.29 is 26.0 Å². The molecule has 2 aliphatic rings. The quantitative estimate of drug-likeness (QED) is 0.522. The first-order valence-corrected chi connectivity index (χ1v) is 8.68. The van der Waals surface area contributed by atoms with E-state index in [1.807, 2.05) is 0 Å². The Kier molecular flexibility index (Phi) is 23.9. The van der Waals surface area contributed by atoms with Gasteiger partial charge >= 0.3 is 44.1 Å². The molecule has 0 unspecified atom stereocenters. The third-order valence-corrected chi connectivity index (χ3v) is 4.00. The van der Waals surface area contributed by atoms with Crippen LogP contribution in [0.25, 0.3) is 0 Å². The summed E-state index contributed by atoms with van der Waals surface area (Å²) in [7, 11) is 1.00. The van der Waals surface area contributed by atoms with Gasteiger partial charge in [0.25, 0.3) is 0 Å². The summed E-state index contributed by atoms with van der Waals surface area (Å²) in [5.41, 5.74) is 0. The molecule has 0 aromatic heterocycles. The smallest absolute Gasteiger partial charge is 0.0319 e. The van der Waals surface area contributed by atoms with Crippen molar-refractivity contribution in [1.82, 2.24) is 0 Å². The largest absolute Gasteiger partial charge is 0.400 e. The second-order valence-corrected chi connectivity index (χ2v) is 5.63. The van der Waals surface area contributed by atoms with Crippen LogP contribution in [0.5, 0.6) is 0 Å². The van der Waals surface area contributed by atoms with E-state index in [1.165, 1.54) is 85.1 Å². The summed E-state index contributed by atoms with van der Waals surface area (Å²) >= 11 is 1.53. The molecule has 0 saturated heterocycles.